The molecule has 0 bridgehead atoms. The zero-order valence-electron chi connectivity index (χ0n) is 7.79. The van der Waals surface area contributed by atoms with Crippen molar-refractivity contribution in [3.63, 3.8) is 0 Å². The Kier molecular flexibility index (Phi) is 4.17. The largest absolute Gasteiger partial charge is 0.492 e. The number of ether oxygens (including phenoxy) is 1. The SMILES string of the molecule is CCCOc1ccc(N=C=O)cc1Cl. The topological polar surface area (TPSA) is 38.7 Å². The summed E-state index contributed by atoms with van der Waals surface area (Å²) in [5.41, 5.74) is 0.480. The lowest BCUT2D eigenvalue weighted by Gasteiger charge is -2.06. The van der Waals surface area contributed by atoms with Gasteiger partial charge in [-0.25, -0.2) is 4.79 Å². The molecule has 0 aliphatic rings. The van der Waals surface area contributed by atoms with Crippen molar-refractivity contribution in [1.82, 2.24) is 0 Å². The number of benzene rings is 1. The van der Waals surface area contributed by atoms with Crippen LogP contribution in [0.5, 0.6) is 5.75 Å². The van der Waals surface area contributed by atoms with Crippen LogP contribution in [0.4, 0.5) is 5.69 Å². The van der Waals surface area contributed by atoms with Crippen LogP contribution in [0.2, 0.25) is 5.02 Å². The number of rotatable bonds is 4. The molecule has 0 spiro atoms. The van der Waals surface area contributed by atoms with Gasteiger partial charge in [-0.3, -0.25) is 0 Å². The molecule has 14 heavy (non-hydrogen) atoms. The highest BCUT2D eigenvalue weighted by Gasteiger charge is 2.01. The van der Waals surface area contributed by atoms with Gasteiger partial charge in [0.1, 0.15) is 5.75 Å². The van der Waals surface area contributed by atoms with Crippen LogP contribution in [0, 0.1) is 0 Å². The van der Waals surface area contributed by atoms with E-state index in [2.05, 4.69) is 4.99 Å². The maximum atomic E-state index is 9.98. The Morgan fingerprint density at radius 3 is 2.93 bits per heavy atom. The summed E-state index contributed by atoms with van der Waals surface area (Å²) >= 11 is 5.89. The molecule has 0 saturated carbocycles. The molecule has 0 radical (unpaired) electrons. The Labute approximate surface area is 87.4 Å². The fourth-order valence-corrected chi connectivity index (χ4v) is 1.17. The van der Waals surface area contributed by atoms with Crippen LogP contribution in [0.25, 0.3) is 0 Å². The standard InChI is InChI=1S/C10H10ClNO2/c1-2-5-14-10-4-3-8(12-7-13)6-9(10)11/h3-4,6H,2,5H2,1H3. The molecular formula is C10H10ClNO2. The lowest BCUT2D eigenvalue weighted by atomic mass is 10.3. The summed E-state index contributed by atoms with van der Waals surface area (Å²) in [4.78, 5) is 13.4. The zero-order chi connectivity index (χ0) is 10.4. The minimum absolute atomic E-state index is 0.454. The molecule has 74 valence electrons. The van der Waals surface area contributed by atoms with Crippen molar-refractivity contribution in [2.24, 2.45) is 4.99 Å². The predicted molar refractivity (Wildman–Crippen MR) is 55.0 cm³/mol. The molecule has 0 amide bonds. The Morgan fingerprint density at radius 1 is 1.57 bits per heavy atom. The van der Waals surface area contributed by atoms with Crippen LogP contribution in [0.1, 0.15) is 13.3 Å². The Bertz CT molecular complexity index is 359. The second-order valence-corrected chi connectivity index (χ2v) is 3.07. The number of halogens is 1. The highest BCUT2D eigenvalue weighted by Crippen LogP contribution is 2.28. The fraction of sp³-hybridized carbons (Fsp3) is 0.300. The molecule has 0 fully saturated rings. The van der Waals surface area contributed by atoms with Crippen LogP contribution in [-0.2, 0) is 4.79 Å². The van der Waals surface area contributed by atoms with Crippen molar-refractivity contribution in [1.29, 1.82) is 0 Å². The molecule has 0 atom stereocenters. The van der Waals surface area contributed by atoms with E-state index in [1.165, 1.54) is 6.08 Å². The monoisotopic (exact) mass is 211 g/mol. The third-order valence-corrected chi connectivity index (χ3v) is 1.85. The number of hydrogen-bond acceptors (Lipinski definition) is 3. The van der Waals surface area contributed by atoms with Crippen molar-refractivity contribution >= 4 is 23.4 Å². The first-order valence-electron chi connectivity index (χ1n) is 4.28. The zero-order valence-corrected chi connectivity index (χ0v) is 8.54. The highest BCUT2D eigenvalue weighted by molar-refractivity contribution is 6.32. The van der Waals surface area contributed by atoms with Gasteiger partial charge >= 0.3 is 0 Å². The summed E-state index contributed by atoms with van der Waals surface area (Å²) in [5.74, 6) is 0.610. The maximum Gasteiger partial charge on any atom is 0.240 e. The molecule has 0 unspecified atom stereocenters. The lowest BCUT2D eigenvalue weighted by Crippen LogP contribution is -1.94. The normalized spacial score (nSPS) is 9.29. The van der Waals surface area contributed by atoms with Crippen LogP contribution in [0.3, 0.4) is 0 Å². The van der Waals surface area contributed by atoms with E-state index in [0.717, 1.165) is 6.42 Å². The van der Waals surface area contributed by atoms with Gasteiger partial charge in [-0.2, -0.15) is 4.99 Å². The van der Waals surface area contributed by atoms with E-state index >= 15 is 0 Å². The summed E-state index contributed by atoms with van der Waals surface area (Å²) in [5, 5.41) is 0.454. The van der Waals surface area contributed by atoms with Crippen molar-refractivity contribution in [2.75, 3.05) is 6.61 Å². The molecule has 3 nitrogen and oxygen atoms in total. The molecule has 0 N–H and O–H groups in total. The average Bonchev–Trinajstić information content (AvgIpc) is 2.17. The number of nitrogens with zero attached hydrogens (tertiary/aromatic N) is 1. The predicted octanol–water partition coefficient (Wildman–Crippen LogP) is 3.10. The van der Waals surface area contributed by atoms with E-state index in [1.54, 1.807) is 18.2 Å². The highest BCUT2D eigenvalue weighted by atomic mass is 35.5. The van der Waals surface area contributed by atoms with E-state index in [4.69, 9.17) is 16.3 Å². The van der Waals surface area contributed by atoms with Crippen molar-refractivity contribution < 1.29 is 9.53 Å². The second-order valence-electron chi connectivity index (χ2n) is 2.67. The number of aliphatic imine (C=N–C) groups is 1. The van der Waals surface area contributed by atoms with Gasteiger partial charge in [0, 0.05) is 0 Å². The van der Waals surface area contributed by atoms with Gasteiger partial charge in [0.25, 0.3) is 0 Å². The minimum atomic E-state index is 0.454. The van der Waals surface area contributed by atoms with Gasteiger partial charge in [0.05, 0.1) is 17.3 Å². The third kappa shape index (κ3) is 2.87. The Balaban J connectivity index is 2.84. The van der Waals surface area contributed by atoms with Crippen molar-refractivity contribution in [3.05, 3.63) is 23.2 Å². The number of carbonyl (C=O) groups excluding carboxylic acids is 1. The first kappa shape index (κ1) is 10.8. The van der Waals surface area contributed by atoms with Gasteiger partial charge in [0.15, 0.2) is 0 Å². The molecule has 1 aromatic rings. The van der Waals surface area contributed by atoms with Crippen LogP contribution in [-0.4, -0.2) is 12.7 Å². The molecule has 1 rings (SSSR count). The van der Waals surface area contributed by atoms with Gasteiger partial charge < -0.3 is 4.74 Å². The third-order valence-electron chi connectivity index (χ3n) is 1.55. The first-order chi connectivity index (χ1) is 6.77. The van der Waals surface area contributed by atoms with Gasteiger partial charge in [-0.05, 0) is 24.6 Å². The lowest BCUT2D eigenvalue weighted by molar-refractivity contribution is 0.317. The Hall–Kier alpha value is -1.31. The van der Waals surface area contributed by atoms with Gasteiger partial charge in [-0.15, -0.1) is 0 Å². The van der Waals surface area contributed by atoms with Gasteiger partial charge in [-0.1, -0.05) is 18.5 Å². The molecule has 1 aromatic carbocycles. The molecular weight excluding hydrogens is 202 g/mol. The number of isocyanates is 1. The smallest absolute Gasteiger partial charge is 0.240 e. The summed E-state index contributed by atoms with van der Waals surface area (Å²) < 4.78 is 5.35. The molecule has 0 aliphatic carbocycles. The number of hydrogen-bond donors (Lipinski definition) is 0. The van der Waals surface area contributed by atoms with E-state index in [-0.39, 0.29) is 0 Å². The Morgan fingerprint density at radius 2 is 2.36 bits per heavy atom. The van der Waals surface area contributed by atoms with Gasteiger partial charge in [0.2, 0.25) is 6.08 Å². The fourth-order valence-electron chi connectivity index (χ4n) is 0.941. The summed E-state index contributed by atoms with van der Waals surface area (Å²) in [6.07, 6.45) is 2.37. The molecule has 0 aliphatic heterocycles. The van der Waals surface area contributed by atoms with E-state index in [9.17, 15) is 4.79 Å². The summed E-state index contributed by atoms with van der Waals surface area (Å²) in [6, 6.07) is 4.91. The van der Waals surface area contributed by atoms with E-state index < -0.39 is 0 Å². The van der Waals surface area contributed by atoms with Crippen LogP contribution < -0.4 is 4.74 Å². The minimum Gasteiger partial charge on any atom is -0.492 e. The van der Waals surface area contributed by atoms with Crippen LogP contribution >= 0.6 is 11.6 Å². The first-order valence-corrected chi connectivity index (χ1v) is 4.66. The second kappa shape index (κ2) is 5.43. The maximum absolute atomic E-state index is 9.98. The van der Waals surface area contributed by atoms with Crippen molar-refractivity contribution in [2.45, 2.75) is 13.3 Å². The molecule has 4 heteroatoms. The average molecular weight is 212 g/mol. The van der Waals surface area contributed by atoms with Crippen LogP contribution in [0.15, 0.2) is 23.2 Å². The molecule has 0 aromatic heterocycles. The van der Waals surface area contributed by atoms with E-state index in [0.29, 0.717) is 23.1 Å². The summed E-state index contributed by atoms with van der Waals surface area (Å²) in [7, 11) is 0. The molecule has 0 saturated heterocycles. The van der Waals surface area contributed by atoms with Crippen molar-refractivity contribution in [3.8, 4) is 5.75 Å². The quantitative estimate of drug-likeness (QED) is 0.567. The molecule has 0 heterocycles. The summed E-state index contributed by atoms with van der Waals surface area (Å²) in [6.45, 7) is 2.63. The van der Waals surface area contributed by atoms with E-state index in [1.807, 2.05) is 6.92 Å².